The molecule has 186 valence electrons. The molecular formula is C25H30Cl2N6OS. The molecule has 2 amide bonds. The molecule has 5 rings (SSSR count). The number of piperazine rings is 1. The van der Waals surface area contributed by atoms with Gasteiger partial charge in [-0.2, -0.15) is 0 Å². The van der Waals surface area contributed by atoms with Gasteiger partial charge in [0.25, 0.3) is 0 Å². The summed E-state index contributed by atoms with van der Waals surface area (Å²) in [5.74, 6) is 2.15. The van der Waals surface area contributed by atoms with E-state index in [4.69, 9.17) is 33.2 Å². The van der Waals surface area contributed by atoms with Crippen molar-refractivity contribution >= 4 is 62.3 Å². The number of anilines is 2. The van der Waals surface area contributed by atoms with E-state index < -0.39 is 0 Å². The molecule has 0 aliphatic carbocycles. The lowest BCUT2D eigenvalue weighted by Crippen LogP contribution is -2.50. The van der Waals surface area contributed by atoms with Crippen LogP contribution in [-0.2, 0) is 13.0 Å². The van der Waals surface area contributed by atoms with Crippen molar-refractivity contribution in [3.8, 4) is 0 Å². The number of carbonyl (C=O) groups excluding carboxylic acids is 1. The SMILES string of the molecule is CCN1CCc2c(sc3nc(C(C)C)nc(N4CCN(C(=O)Nc5c(Cl)cccc5Cl)CC4)c23)C1. The number of carbonyl (C=O) groups is 1. The van der Waals surface area contributed by atoms with Crippen LogP contribution in [0.2, 0.25) is 10.0 Å². The highest BCUT2D eigenvalue weighted by Crippen LogP contribution is 2.40. The number of rotatable bonds is 4. The van der Waals surface area contributed by atoms with Gasteiger partial charge in [0.05, 0.1) is 21.1 Å². The molecule has 0 saturated carbocycles. The Bertz CT molecular complexity index is 1230. The van der Waals surface area contributed by atoms with E-state index in [2.05, 4.69) is 35.9 Å². The topological polar surface area (TPSA) is 64.6 Å². The number of nitrogens with one attached hydrogen (secondary N) is 1. The highest BCUT2D eigenvalue weighted by atomic mass is 35.5. The molecular weight excluding hydrogens is 503 g/mol. The quantitative estimate of drug-likeness (QED) is 0.456. The smallest absolute Gasteiger partial charge is 0.322 e. The molecule has 3 aromatic rings. The summed E-state index contributed by atoms with van der Waals surface area (Å²) >= 11 is 14.3. The third-order valence-electron chi connectivity index (χ3n) is 6.80. The number of urea groups is 1. The summed E-state index contributed by atoms with van der Waals surface area (Å²) < 4.78 is 0. The maximum Gasteiger partial charge on any atom is 0.322 e. The summed E-state index contributed by atoms with van der Waals surface area (Å²) in [5, 5.41) is 4.95. The van der Waals surface area contributed by atoms with E-state index in [1.54, 1.807) is 23.1 Å². The minimum atomic E-state index is -0.192. The molecule has 2 aliphatic heterocycles. The number of thiophene rings is 1. The van der Waals surface area contributed by atoms with E-state index in [0.717, 1.165) is 42.5 Å². The molecule has 0 unspecified atom stereocenters. The monoisotopic (exact) mass is 532 g/mol. The number of likely N-dealkylation sites (N-methyl/N-ethyl adjacent to an activating group) is 1. The number of para-hydroxylation sites is 1. The summed E-state index contributed by atoms with van der Waals surface area (Å²) in [6, 6.07) is 5.00. The molecule has 2 aliphatic rings. The van der Waals surface area contributed by atoms with Crippen molar-refractivity contribution in [2.75, 3.05) is 49.5 Å². The molecule has 1 N–H and O–H groups in total. The van der Waals surface area contributed by atoms with Crippen LogP contribution < -0.4 is 10.2 Å². The number of aromatic nitrogens is 2. The first kappa shape index (κ1) is 24.6. The number of nitrogens with zero attached hydrogens (tertiary/aromatic N) is 5. The lowest BCUT2D eigenvalue weighted by molar-refractivity contribution is 0.208. The zero-order valence-corrected chi connectivity index (χ0v) is 22.6. The zero-order chi connectivity index (χ0) is 24.7. The highest BCUT2D eigenvalue weighted by molar-refractivity contribution is 7.19. The Labute approximate surface area is 220 Å². The molecule has 35 heavy (non-hydrogen) atoms. The second kappa shape index (κ2) is 10.1. The number of fused-ring (bicyclic) bond motifs is 3. The largest absolute Gasteiger partial charge is 0.352 e. The molecule has 0 radical (unpaired) electrons. The number of hydrogen-bond acceptors (Lipinski definition) is 6. The van der Waals surface area contributed by atoms with Crippen molar-refractivity contribution in [1.29, 1.82) is 0 Å². The van der Waals surface area contributed by atoms with E-state index in [1.807, 2.05) is 11.3 Å². The fourth-order valence-electron chi connectivity index (χ4n) is 4.73. The molecule has 1 fully saturated rings. The molecule has 0 atom stereocenters. The van der Waals surface area contributed by atoms with Gasteiger partial charge in [0.2, 0.25) is 0 Å². The molecule has 1 saturated heterocycles. The minimum absolute atomic E-state index is 0.192. The molecule has 2 aromatic heterocycles. The van der Waals surface area contributed by atoms with Gasteiger partial charge in [-0.05, 0) is 30.7 Å². The minimum Gasteiger partial charge on any atom is -0.352 e. The Morgan fingerprint density at radius 2 is 1.83 bits per heavy atom. The Balaban J connectivity index is 1.38. The first-order chi connectivity index (χ1) is 16.9. The lowest BCUT2D eigenvalue weighted by Gasteiger charge is -2.36. The molecule has 0 bridgehead atoms. The predicted octanol–water partition coefficient (Wildman–Crippen LogP) is 5.85. The van der Waals surface area contributed by atoms with Crippen LogP contribution in [0.4, 0.5) is 16.3 Å². The van der Waals surface area contributed by atoms with E-state index in [-0.39, 0.29) is 11.9 Å². The van der Waals surface area contributed by atoms with Gasteiger partial charge in [-0.3, -0.25) is 4.90 Å². The summed E-state index contributed by atoms with van der Waals surface area (Å²) in [6.07, 6.45) is 1.03. The molecule has 7 nitrogen and oxygen atoms in total. The van der Waals surface area contributed by atoms with Crippen LogP contribution in [0.5, 0.6) is 0 Å². The summed E-state index contributed by atoms with van der Waals surface area (Å²) in [6.45, 7) is 12.2. The van der Waals surface area contributed by atoms with Crippen LogP contribution in [-0.4, -0.2) is 65.1 Å². The maximum atomic E-state index is 12.9. The Kier molecular flexibility index (Phi) is 7.08. The second-order valence-corrected chi connectivity index (χ2v) is 11.3. The van der Waals surface area contributed by atoms with Crippen LogP contribution in [0.3, 0.4) is 0 Å². The van der Waals surface area contributed by atoms with Gasteiger partial charge >= 0.3 is 6.03 Å². The first-order valence-electron chi connectivity index (χ1n) is 12.1. The van der Waals surface area contributed by atoms with Gasteiger partial charge in [-0.15, -0.1) is 11.3 Å². The van der Waals surface area contributed by atoms with Gasteiger partial charge in [0, 0.05) is 50.1 Å². The number of hydrogen-bond donors (Lipinski definition) is 1. The van der Waals surface area contributed by atoms with E-state index in [9.17, 15) is 4.79 Å². The van der Waals surface area contributed by atoms with Gasteiger partial charge < -0.3 is 15.1 Å². The average Bonchev–Trinajstić information content (AvgIpc) is 3.23. The second-order valence-electron chi connectivity index (χ2n) is 9.36. The fourth-order valence-corrected chi connectivity index (χ4v) is 6.48. The summed E-state index contributed by atoms with van der Waals surface area (Å²) in [7, 11) is 0. The Hall–Kier alpha value is -2.13. The van der Waals surface area contributed by atoms with Crippen LogP contribution in [0, 0.1) is 0 Å². The summed E-state index contributed by atoms with van der Waals surface area (Å²) in [4.78, 5) is 32.1. The van der Waals surface area contributed by atoms with Crippen LogP contribution in [0.1, 0.15) is 43.0 Å². The van der Waals surface area contributed by atoms with E-state index >= 15 is 0 Å². The molecule has 0 spiro atoms. The third kappa shape index (κ3) is 4.81. The van der Waals surface area contributed by atoms with Crippen molar-refractivity contribution in [3.63, 3.8) is 0 Å². The zero-order valence-electron chi connectivity index (χ0n) is 20.3. The number of halogens is 2. The normalized spacial score (nSPS) is 16.7. The predicted molar refractivity (Wildman–Crippen MR) is 145 cm³/mol. The average molecular weight is 534 g/mol. The van der Waals surface area contributed by atoms with Crippen LogP contribution in [0.15, 0.2) is 18.2 Å². The third-order valence-corrected chi connectivity index (χ3v) is 8.54. The van der Waals surface area contributed by atoms with Crippen LogP contribution >= 0.6 is 34.5 Å². The molecule has 4 heterocycles. The highest BCUT2D eigenvalue weighted by Gasteiger charge is 2.29. The fraction of sp³-hybridized carbons (Fsp3) is 0.480. The van der Waals surface area contributed by atoms with Crippen molar-refractivity contribution in [2.24, 2.45) is 0 Å². The van der Waals surface area contributed by atoms with Crippen molar-refractivity contribution in [2.45, 2.75) is 39.7 Å². The lowest BCUT2D eigenvalue weighted by atomic mass is 10.0. The molecule has 10 heteroatoms. The van der Waals surface area contributed by atoms with Crippen molar-refractivity contribution in [3.05, 3.63) is 44.5 Å². The van der Waals surface area contributed by atoms with E-state index in [0.29, 0.717) is 41.9 Å². The van der Waals surface area contributed by atoms with Crippen LogP contribution in [0.25, 0.3) is 10.2 Å². The molecule has 1 aromatic carbocycles. The van der Waals surface area contributed by atoms with Crippen molar-refractivity contribution < 1.29 is 4.79 Å². The van der Waals surface area contributed by atoms with Gasteiger partial charge in [0.1, 0.15) is 16.5 Å². The van der Waals surface area contributed by atoms with Gasteiger partial charge in [-0.25, -0.2) is 14.8 Å². The first-order valence-corrected chi connectivity index (χ1v) is 13.7. The van der Waals surface area contributed by atoms with E-state index in [1.165, 1.54) is 15.8 Å². The Morgan fingerprint density at radius 3 is 2.49 bits per heavy atom. The standard InChI is InChI=1S/C25H30Cl2N6OS/c1-4-31-9-8-16-19(14-31)35-24-20(16)23(29-22(30-24)15(2)3)32-10-12-33(13-11-32)25(34)28-21-17(26)6-5-7-18(21)27/h5-7,15H,4,8-14H2,1-3H3,(H,28,34). The number of amides is 2. The maximum absolute atomic E-state index is 12.9. The Morgan fingerprint density at radius 1 is 1.11 bits per heavy atom. The van der Waals surface area contributed by atoms with Crippen molar-refractivity contribution in [1.82, 2.24) is 19.8 Å². The number of benzene rings is 1. The van der Waals surface area contributed by atoms with Gasteiger partial charge in [-0.1, -0.05) is 50.0 Å². The van der Waals surface area contributed by atoms with Gasteiger partial charge in [0.15, 0.2) is 0 Å². The summed E-state index contributed by atoms with van der Waals surface area (Å²) in [5.41, 5.74) is 1.86.